The Morgan fingerprint density at radius 2 is 2.09 bits per heavy atom. The second-order valence-corrected chi connectivity index (χ2v) is 3.19. The van der Waals surface area contributed by atoms with Gasteiger partial charge in [0.15, 0.2) is 0 Å². The van der Waals surface area contributed by atoms with E-state index in [9.17, 15) is 8.42 Å². The molecule has 0 N–H and O–H groups in total. The van der Waals surface area contributed by atoms with Gasteiger partial charge in [-0.3, -0.25) is 0 Å². The summed E-state index contributed by atoms with van der Waals surface area (Å²) in [4.78, 5) is 1.36. The van der Waals surface area contributed by atoms with E-state index in [0.29, 0.717) is 11.4 Å². The highest BCUT2D eigenvalue weighted by Crippen LogP contribution is 2.00. The maximum Gasteiger partial charge on any atom is 0.145 e. The summed E-state index contributed by atoms with van der Waals surface area (Å²) in [5, 5.41) is 7.77. The zero-order chi connectivity index (χ0) is 8.43. The molecule has 6 heteroatoms. The van der Waals surface area contributed by atoms with E-state index in [4.69, 9.17) is 0 Å². The molecule has 0 spiro atoms. The fourth-order valence-corrected chi connectivity index (χ4v) is 1.35. The van der Waals surface area contributed by atoms with Gasteiger partial charge in [-0.05, 0) is 6.92 Å². The summed E-state index contributed by atoms with van der Waals surface area (Å²) in [6, 6.07) is 0. The van der Waals surface area contributed by atoms with Crippen LogP contribution in [0, 0.1) is 6.92 Å². The fourth-order valence-electron chi connectivity index (χ4n) is 0.813. The summed E-state index contributed by atoms with van der Waals surface area (Å²) in [6.45, 7) is 1.74. The van der Waals surface area contributed by atoms with Gasteiger partial charge < -0.3 is 0 Å². The molecule has 0 aliphatic carbocycles. The Morgan fingerprint density at radius 1 is 1.45 bits per heavy atom. The van der Waals surface area contributed by atoms with E-state index in [2.05, 4.69) is 10.2 Å². The first kappa shape index (κ1) is 8.19. The number of hydrogen-bond donors (Lipinski definition) is 1. The Morgan fingerprint density at radius 3 is 2.45 bits per heavy atom. The van der Waals surface area contributed by atoms with Crippen molar-refractivity contribution in [2.45, 2.75) is 12.7 Å². The zero-order valence-corrected chi connectivity index (χ0v) is 7.21. The number of thiol groups is 1. The molecule has 0 saturated heterocycles. The van der Waals surface area contributed by atoms with Gasteiger partial charge in [-0.25, -0.2) is 8.42 Å². The van der Waals surface area contributed by atoms with E-state index in [1.165, 1.54) is 4.80 Å². The maximum atomic E-state index is 10.3. The molecule has 1 aromatic heterocycles. The van der Waals surface area contributed by atoms with Gasteiger partial charge in [-0.1, -0.05) is 0 Å². The van der Waals surface area contributed by atoms with Crippen LogP contribution in [0.1, 0.15) is 11.4 Å². The third kappa shape index (κ3) is 2.01. The first-order valence-electron chi connectivity index (χ1n) is 3.08. The number of aromatic nitrogens is 3. The van der Waals surface area contributed by atoms with Crippen molar-refractivity contribution in [2.24, 2.45) is 7.05 Å². The van der Waals surface area contributed by atoms with Crippen LogP contribution in [-0.4, -0.2) is 23.4 Å². The van der Waals surface area contributed by atoms with Crippen molar-refractivity contribution in [2.75, 3.05) is 0 Å². The fraction of sp³-hybridized carbons (Fsp3) is 0.600. The molecule has 0 atom stereocenters. The van der Waals surface area contributed by atoms with Gasteiger partial charge in [0.25, 0.3) is 0 Å². The molecule has 0 aromatic carbocycles. The summed E-state index contributed by atoms with van der Waals surface area (Å²) in [6.07, 6.45) is 0. The Balaban J connectivity index is 2.94. The molecule has 0 aliphatic rings. The lowest BCUT2D eigenvalue weighted by atomic mass is 10.4. The van der Waals surface area contributed by atoms with Crippen molar-refractivity contribution < 1.29 is 8.42 Å². The molecule has 11 heavy (non-hydrogen) atoms. The summed E-state index contributed by atoms with van der Waals surface area (Å²) >= 11 is 0. The van der Waals surface area contributed by atoms with Crippen LogP contribution in [-0.2, 0) is 23.5 Å². The molecule has 0 amide bonds. The maximum absolute atomic E-state index is 10.3. The van der Waals surface area contributed by atoms with Gasteiger partial charge in [-0.15, -0.1) is 0 Å². The van der Waals surface area contributed by atoms with Crippen LogP contribution in [0.3, 0.4) is 0 Å². The Bertz CT molecular complexity index is 320. The molecule has 0 unspecified atom stereocenters. The molecule has 0 fully saturated rings. The molecule has 1 rings (SSSR count). The molecule has 0 aliphatic heterocycles. The van der Waals surface area contributed by atoms with Crippen LogP contribution in [0.25, 0.3) is 0 Å². The average Bonchev–Trinajstić information content (AvgIpc) is 2.09. The molecule has 62 valence electrons. The minimum absolute atomic E-state index is 0.0188. The monoisotopic (exact) mass is 175 g/mol. The zero-order valence-electron chi connectivity index (χ0n) is 6.31. The number of nitrogens with zero attached hydrogens (tertiary/aromatic N) is 3. The van der Waals surface area contributed by atoms with E-state index < -0.39 is 10.7 Å². The lowest BCUT2D eigenvalue weighted by molar-refractivity contribution is 0.611. The van der Waals surface area contributed by atoms with Crippen molar-refractivity contribution in [3.63, 3.8) is 0 Å². The van der Waals surface area contributed by atoms with Crippen molar-refractivity contribution in [3.05, 3.63) is 11.4 Å². The van der Waals surface area contributed by atoms with E-state index in [1.54, 1.807) is 14.0 Å². The van der Waals surface area contributed by atoms with Crippen LogP contribution in [0.5, 0.6) is 0 Å². The highest BCUT2D eigenvalue weighted by atomic mass is 32.2. The second kappa shape index (κ2) is 3.00. The minimum Gasteiger partial charge on any atom is -0.231 e. The van der Waals surface area contributed by atoms with Gasteiger partial charge in [0.1, 0.15) is 16.4 Å². The van der Waals surface area contributed by atoms with Gasteiger partial charge in [-0.2, -0.15) is 15.0 Å². The molecule has 1 heterocycles. The van der Waals surface area contributed by atoms with Crippen LogP contribution in [0.4, 0.5) is 0 Å². The van der Waals surface area contributed by atoms with E-state index >= 15 is 0 Å². The molecular weight excluding hydrogens is 166 g/mol. The van der Waals surface area contributed by atoms with Crippen LogP contribution in [0.2, 0.25) is 0 Å². The van der Waals surface area contributed by atoms with Crippen molar-refractivity contribution in [3.8, 4) is 0 Å². The Kier molecular flexibility index (Phi) is 2.23. The predicted molar refractivity (Wildman–Crippen MR) is 39.8 cm³/mol. The smallest absolute Gasteiger partial charge is 0.145 e. The predicted octanol–water partition coefficient (Wildman–Crippen LogP) is -0.765. The normalized spacial score (nSPS) is 10.8. The third-order valence-electron chi connectivity index (χ3n) is 1.26. The lowest BCUT2D eigenvalue weighted by Gasteiger charge is -1.84. The average molecular weight is 175 g/mol. The SMILES string of the molecule is Cc1nn(C)nc1C[SH](=O)=O. The van der Waals surface area contributed by atoms with Crippen molar-refractivity contribution in [1.29, 1.82) is 0 Å². The van der Waals surface area contributed by atoms with Gasteiger partial charge in [0.05, 0.1) is 11.4 Å². The molecule has 0 saturated carbocycles. The molecule has 5 nitrogen and oxygen atoms in total. The first-order chi connectivity index (χ1) is 5.09. The van der Waals surface area contributed by atoms with E-state index in [1.807, 2.05) is 0 Å². The van der Waals surface area contributed by atoms with Gasteiger partial charge >= 0.3 is 0 Å². The van der Waals surface area contributed by atoms with Gasteiger partial charge in [0.2, 0.25) is 0 Å². The third-order valence-corrected chi connectivity index (χ3v) is 1.81. The number of rotatable bonds is 2. The number of hydrogen-bond acceptors (Lipinski definition) is 4. The summed E-state index contributed by atoms with van der Waals surface area (Å²) < 4.78 is 20.6. The highest BCUT2D eigenvalue weighted by molar-refractivity contribution is 7.71. The summed E-state index contributed by atoms with van der Waals surface area (Å²) in [7, 11) is -0.734. The molecule has 0 bridgehead atoms. The Hall–Kier alpha value is -0.910. The van der Waals surface area contributed by atoms with Crippen LogP contribution in [0.15, 0.2) is 0 Å². The van der Waals surface area contributed by atoms with E-state index in [-0.39, 0.29) is 5.75 Å². The summed E-state index contributed by atoms with van der Waals surface area (Å²) in [5.41, 5.74) is 1.20. The first-order valence-corrected chi connectivity index (χ1v) is 4.44. The second-order valence-electron chi connectivity index (χ2n) is 2.21. The molecular formula is C5H9N3O2S. The Labute approximate surface area is 66.0 Å². The van der Waals surface area contributed by atoms with Crippen LogP contribution < -0.4 is 0 Å². The highest BCUT2D eigenvalue weighted by Gasteiger charge is 2.04. The quantitative estimate of drug-likeness (QED) is 0.600. The summed E-state index contributed by atoms with van der Waals surface area (Å²) in [5.74, 6) is -0.0188. The van der Waals surface area contributed by atoms with Gasteiger partial charge in [0, 0.05) is 7.05 Å². The minimum atomic E-state index is -2.40. The number of aryl methyl sites for hydroxylation is 2. The molecule has 1 aromatic rings. The van der Waals surface area contributed by atoms with E-state index in [0.717, 1.165) is 0 Å². The lowest BCUT2D eigenvalue weighted by Crippen LogP contribution is -1.93. The topological polar surface area (TPSA) is 64.8 Å². The largest absolute Gasteiger partial charge is 0.231 e. The molecule has 0 radical (unpaired) electrons. The van der Waals surface area contributed by atoms with Crippen molar-refractivity contribution in [1.82, 2.24) is 15.0 Å². The standard InChI is InChI=1S/C5H9N3O2S/c1-4-5(3-11(9)10)7-8(2)6-4/h11H,3H2,1-2H3. The van der Waals surface area contributed by atoms with Crippen molar-refractivity contribution >= 4 is 10.7 Å². The van der Waals surface area contributed by atoms with Crippen LogP contribution >= 0.6 is 0 Å².